The molecule has 0 saturated heterocycles. The Balaban J connectivity index is 2.08. The van der Waals surface area contributed by atoms with E-state index in [9.17, 15) is 0 Å². The summed E-state index contributed by atoms with van der Waals surface area (Å²) < 4.78 is 0. The van der Waals surface area contributed by atoms with Gasteiger partial charge in [0.15, 0.2) is 0 Å². The summed E-state index contributed by atoms with van der Waals surface area (Å²) in [6.07, 6.45) is 0. The van der Waals surface area contributed by atoms with Crippen molar-refractivity contribution in [3.05, 3.63) is 63.6 Å². The molecule has 20 heavy (non-hydrogen) atoms. The fraction of sp³-hybridized carbons (Fsp3) is 0.250. The number of rotatable bonds is 4. The van der Waals surface area contributed by atoms with Crippen LogP contribution in [0.3, 0.4) is 0 Å². The fourth-order valence-corrected chi connectivity index (χ4v) is 3.33. The first-order chi connectivity index (χ1) is 9.47. The van der Waals surface area contributed by atoms with Crippen LogP contribution in [-0.2, 0) is 0 Å². The van der Waals surface area contributed by atoms with E-state index in [1.54, 1.807) is 11.8 Å². The minimum Gasteiger partial charge on any atom is -0.323 e. The fourth-order valence-electron chi connectivity index (χ4n) is 1.90. The van der Waals surface area contributed by atoms with Gasteiger partial charge in [0.05, 0.1) is 10.0 Å². The Kier molecular flexibility index (Phi) is 5.39. The van der Waals surface area contributed by atoms with Gasteiger partial charge in [-0.1, -0.05) is 60.0 Å². The van der Waals surface area contributed by atoms with Crippen LogP contribution >= 0.6 is 35.0 Å². The van der Waals surface area contributed by atoms with E-state index < -0.39 is 0 Å². The van der Waals surface area contributed by atoms with E-state index in [0.717, 1.165) is 10.5 Å². The van der Waals surface area contributed by atoms with Gasteiger partial charge >= 0.3 is 0 Å². The SMILES string of the molecule is Cc1ccc(C(N)C(C)Sc2ccc(Cl)c(Cl)c2)cc1. The molecule has 0 aliphatic heterocycles. The Bertz CT molecular complexity index is 584. The van der Waals surface area contributed by atoms with E-state index in [-0.39, 0.29) is 11.3 Å². The van der Waals surface area contributed by atoms with Gasteiger partial charge in [-0.05, 0) is 30.7 Å². The van der Waals surface area contributed by atoms with Gasteiger partial charge in [-0.3, -0.25) is 0 Å². The normalized spacial score (nSPS) is 14.1. The highest BCUT2D eigenvalue weighted by atomic mass is 35.5. The summed E-state index contributed by atoms with van der Waals surface area (Å²) >= 11 is 13.7. The molecule has 0 heterocycles. The minimum absolute atomic E-state index is 0.0185. The van der Waals surface area contributed by atoms with Crippen molar-refractivity contribution in [2.24, 2.45) is 5.73 Å². The Labute approximate surface area is 134 Å². The molecule has 2 atom stereocenters. The number of hydrogen-bond donors (Lipinski definition) is 1. The first-order valence-electron chi connectivity index (χ1n) is 6.41. The molecule has 2 rings (SSSR count). The van der Waals surface area contributed by atoms with Crippen molar-refractivity contribution in [1.82, 2.24) is 0 Å². The van der Waals surface area contributed by atoms with E-state index in [1.807, 2.05) is 18.2 Å². The van der Waals surface area contributed by atoms with Crippen molar-refractivity contribution >= 4 is 35.0 Å². The van der Waals surface area contributed by atoms with Crippen LogP contribution in [0, 0.1) is 6.92 Å². The quantitative estimate of drug-likeness (QED) is 0.753. The van der Waals surface area contributed by atoms with E-state index in [0.29, 0.717) is 10.0 Å². The van der Waals surface area contributed by atoms with Crippen molar-refractivity contribution in [3.63, 3.8) is 0 Å². The maximum Gasteiger partial charge on any atom is 0.0603 e. The van der Waals surface area contributed by atoms with E-state index in [2.05, 4.69) is 38.1 Å². The van der Waals surface area contributed by atoms with Gasteiger partial charge in [0.25, 0.3) is 0 Å². The number of hydrogen-bond acceptors (Lipinski definition) is 2. The van der Waals surface area contributed by atoms with Gasteiger partial charge in [-0.15, -0.1) is 11.8 Å². The second-order valence-corrected chi connectivity index (χ2v) is 7.10. The summed E-state index contributed by atoms with van der Waals surface area (Å²) in [5.41, 5.74) is 8.71. The first kappa shape index (κ1) is 15.7. The molecule has 4 heteroatoms. The number of thioether (sulfide) groups is 1. The summed E-state index contributed by atoms with van der Waals surface area (Å²) in [6.45, 7) is 4.20. The van der Waals surface area contributed by atoms with E-state index in [4.69, 9.17) is 28.9 Å². The monoisotopic (exact) mass is 325 g/mol. The molecule has 0 aliphatic carbocycles. The summed E-state index contributed by atoms with van der Waals surface area (Å²) in [5, 5.41) is 1.40. The lowest BCUT2D eigenvalue weighted by Gasteiger charge is -2.20. The predicted molar refractivity (Wildman–Crippen MR) is 89.9 cm³/mol. The van der Waals surface area contributed by atoms with Crippen LogP contribution in [0.1, 0.15) is 24.1 Å². The average molecular weight is 326 g/mol. The van der Waals surface area contributed by atoms with Crippen LogP contribution in [-0.4, -0.2) is 5.25 Å². The van der Waals surface area contributed by atoms with Gasteiger partial charge in [-0.25, -0.2) is 0 Å². The van der Waals surface area contributed by atoms with Crippen molar-refractivity contribution in [1.29, 1.82) is 0 Å². The summed E-state index contributed by atoms with van der Waals surface area (Å²) in [7, 11) is 0. The Morgan fingerprint density at radius 3 is 2.25 bits per heavy atom. The molecule has 2 N–H and O–H groups in total. The maximum atomic E-state index is 6.32. The number of benzene rings is 2. The minimum atomic E-state index is -0.0185. The molecule has 0 aromatic heterocycles. The van der Waals surface area contributed by atoms with Crippen LogP contribution in [0.15, 0.2) is 47.4 Å². The molecule has 0 radical (unpaired) electrons. The standard InChI is InChI=1S/C16H17Cl2NS/c1-10-3-5-12(6-4-10)16(19)11(2)20-13-7-8-14(17)15(18)9-13/h3-9,11,16H,19H2,1-2H3. The Morgan fingerprint density at radius 1 is 1.00 bits per heavy atom. The van der Waals surface area contributed by atoms with Gasteiger partial charge in [0, 0.05) is 16.2 Å². The predicted octanol–water partition coefficient (Wildman–Crippen LogP) is 5.48. The van der Waals surface area contributed by atoms with Crippen molar-refractivity contribution in [3.8, 4) is 0 Å². The van der Waals surface area contributed by atoms with Crippen molar-refractivity contribution in [2.45, 2.75) is 30.0 Å². The highest BCUT2D eigenvalue weighted by Crippen LogP contribution is 2.34. The average Bonchev–Trinajstić information content (AvgIpc) is 2.43. The highest BCUT2D eigenvalue weighted by Gasteiger charge is 2.16. The molecule has 0 aliphatic rings. The number of nitrogens with two attached hydrogens (primary N) is 1. The summed E-state index contributed by atoms with van der Waals surface area (Å²) in [5.74, 6) is 0. The van der Waals surface area contributed by atoms with Crippen LogP contribution in [0.25, 0.3) is 0 Å². The maximum absolute atomic E-state index is 6.32. The Hall–Kier alpha value is -0.670. The smallest absolute Gasteiger partial charge is 0.0603 e. The molecular formula is C16H17Cl2NS. The van der Waals surface area contributed by atoms with E-state index >= 15 is 0 Å². The third-order valence-electron chi connectivity index (χ3n) is 3.18. The van der Waals surface area contributed by atoms with Crippen LogP contribution < -0.4 is 5.73 Å². The molecule has 2 aromatic carbocycles. The lowest BCUT2D eigenvalue weighted by molar-refractivity contribution is 0.715. The zero-order valence-electron chi connectivity index (χ0n) is 11.4. The second-order valence-electron chi connectivity index (χ2n) is 4.84. The van der Waals surface area contributed by atoms with Crippen molar-refractivity contribution < 1.29 is 0 Å². The van der Waals surface area contributed by atoms with Gasteiger partial charge in [-0.2, -0.15) is 0 Å². The molecule has 0 amide bonds. The third kappa shape index (κ3) is 3.92. The molecule has 1 nitrogen and oxygen atoms in total. The lowest BCUT2D eigenvalue weighted by Crippen LogP contribution is -2.20. The second kappa shape index (κ2) is 6.86. The first-order valence-corrected chi connectivity index (χ1v) is 8.05. The highest BCUT2D eigenvalue weighted by molar-refractivity contribution is 8.00. The molecule has 2 unspecified atom stereocenters. The molecule has 0 saturated carbocycles. The molecule has 0 bridgehead atoms. The van der Waals surface area contributed by atoms with Crippen LogP contribution in [0.2, 0.25) is 10.0 Å². The van der Waals surface area contributed by atoms with Gasteiger partial charge in [0.1, 0.15) is 0 Å². The number of aryl methyl sites for hydroxylation is 1. The topological polar surface area (TPSA) is 26.0 Å². The van der Waals surface area contributed by atoms with Crippen LogP contribution in [0.4, 0.5) is 0 Å². The molecule has 106 valence electrons. The zero-order chi connectivity index (χ0) is 14.7. The summed E-state index contributed by atoms with van der Waals surface area (Å²) in [6, 6.07) is 14.0. The van der Waals surface area contributed by atoms with E-state index in [1.165, 1.54) is 5.56 Å². The summed E-state index contributed by atoms with van der Waals surface area (Å²) in [4.78, 5) is 1.08. The van der Waals surface area contributed by atoms with Crippen molar-refractivity contribution in [2.75, 3.05) is 0 Å². The molecule has 0 spiro atoms. The molecular weight excluding hydrogens is 309 g/mol. The zero-order valence-corrected chi connectivity index (χ0v) is 13.8. The number of halogens is 2. The third-order valence-corrected chi connectivity index (χ3v) is 5.11. The Morgan fingerprint density at radius 2 is 1.65 bits per heavy atom. The largest absolute Gasteiger partial charge is 0.323 e. The van der Waals surface area contributed by atoms with Gasteiger partial charge < -0.3 is 5.73 Å². The molecule has 0 fully saturated rings. The molecule has 2 aromatic rings. The van der Waals surface area contributed by atoms with Gasteiger partial charge in [0.2, 0.25) is 0 Å². The van der Waals surface area contributed by atoms with Crippen LogP contribution in [0.5, 0.6) is 0 Å². The lowest BCUT2D eigenvalue weighted by atomic mass is 10.0.